The first-order valence-electron chi connectivity index (χ1n) is 10.9. The molecule has 2 aliphatic rings. The summed E-state index contributed by atoms with van der Waals surface area (Å²) < 4.78 is 47.1. The summed E-state index contributed by atoms with van der Waals surface area (Å²) >= 11 is 0. The molecule has 4 rings (SSSR count). The third-order valence-electron chi connectivity index (χ3n) is 6.37. The highest BCUT2D eigenvalue weighted by Crippen LogP contribution is 2.52. The van der Waals surface area contributed by atoms with Crippen LogP contribution >= 0.6 is 0 Å². The first-order chi connectivity index (χ1) is 16.4. The van der Waals surface area contributed by atoms with Gasteiger partial charge in [0.05, 0.1) is 35.9 Å². The van der Waals surface area contributed by atoms with E-state index in [0.717, 1.165) is 6.07 Å². The van der Waals surface area contributed by atoms with E-state index in [1.807, 2.05) is 19.9 Å². The second kappa shape index (κ2) is 8.38. The molecule has 0 radical (unpaired) electrons. The highest BCUT2D eigenvalue weighted by Gasteiger charge is 2.46. The molecule has 9 heteroatoms. The van der Waals surface area contributed by atoms with Crippen LogP contribution in [0.15, 0.2) is 65.1 Å². The lowest BCUT2D eigenvalue weighted by molar-refractivity contribution is -0.137. The molecule has 1 atom stereocenters. The first-order valence-corrected chi connectivity index (χ1v) is 10.9. The first kappa shape index (κ1) is 24.2. The number of para-hydroxylation sites is 1. The Kier molecular flexibility index (Phi) is 5.79. The predicted molar refractivity (Wildman–Crippen MR) is 123 cm³/mol. The average molecular weight is 483 g/mol. The normalized spacial score (nSPS) is 20.0. The summed E-state index contributed by atoms with van der Waals surface area (Å²) in [5.74, 6) is -1.36. The van der Waals surface area contributed by atoms with Crippen molar-refractivity contribution in [1.82, 2.24) is 0 Å². The molecule has 0 spiro atoms. The summed E-state index contributed by atoms with van der Waals surface area (Å²) in [4.78, 5) is 14.7. The van der Waals surface area contributed by atoms with Gasteiger partial charge in [-0.15, -0.1) is 0 Å². The Morgan fingerprint density at radius 3 is 2.51 bits per heavy atom. The minimum Gasteiger partial charge on any atom is -0.504 e. The van der Waals surface area contributed by atoms with E-state index >= 15 is 0 Å². The van der Waals surface area contributed by atoms with E-state index in [0.29, 0.717) is 11.3 Å². The summed E-state index contributed by atoms with van der Waals surface area (Å²) in [5.41, 5.74) is 5.69. The number of alkyl halides is 3. The third kappa shape index (κ3) is 4.09. The van der Waals surface area contributed by atoms with E-state index in [2.05, 4.69) is 0 Å². The lowest BCUT2D eigenvalue weighted by Crippen LogP contribution is -2.42. The van der Waals surface area contributed by atoms with Crippen LogP contribution in [0.3, 0.4) is 0 Å². The number of methoxy groups -OCH3 is 1. The van der Waals surface area contributed by atoms with Crippen molar-refractivity contribution in [2.75, 3.05) is 12.0 Å². The number of rotatable bonds is 3. The molecule has 3 N–H and O–H groups in total. The number of ether oxygens (including phenoxy) is 1. The quantitative estimate of drug-likeness (QED) is 0.610. The van der Waals surface area contributed by atoms with Gasteiger partial charge in [-0.2, -0.15) is 18.4 Å². The number of carbonyl (C=O) groups excluding carboxylic acids is 1. The fraction of sp³-hybridized carbons (Fsp3) is 0.308. The van der Waals surface area contributed by atoms with Gasteiger partial charge in [0.25, 0.3) is 0 Å². The molecule has 0 amide bonds. The van der Waals surface area contributed by atoms with Crippen molar-refractivity contribution in [2.24, 2.45) is 11.1 Å². The molecular formula is C26H24F3N3O3. The lowest BCUT2D eigenvalue weighted by Gasteiger charge is -2.44. The van der Waals surface area contributed by atoms with Crippen LogP contribution < -0.4 is 15.4 Å². The fourth-order valence-electron chi connectivity index (χ4n) is 4.90. The summed E-state index contributed by atoms with van der Waals surface area (Å²) in [6.07, 6.45) is -4.25. The van der Waals surface area contributed by atoms with E-state index < -0.39 is 23.1 Å². The topological polar surface area (TPSA) is 99.6 Å². The van der Waals surface area contributed by atoms with Crippen LogP contribution in [-0.4, -0.2) is 18.0 Å². The fourth-order valence-corrected chi connectivity index (χ4v) is 4.90. The van der Waals surface area contributed by atoms with Gasteiger partial charge in [0.2, 0.25) is 0 Å². The van der Waals surface area contributed by atoms with Crippen molar-refractivity contribution < 1.29 is 27.8 Å². The van der Waals surface area contributed by atoms with Gasteiger partial charge in [0.1, 0.15) is 5.82 Å². The number of phenols is 1. The summed E-state index contributed by atoms with van der Waals surface area (Å²) in [5, 5.41) is 20.1. The molecule has 0 saturated carbocycles. The summed E-state index contributed by atoms with van der Waals surface area (Å²) in [6.45, 7) is 3.72. The molecule has 0 fully saturated rings. The van der Waals surface area contributed by atoms with Gasteiger partial charge in [-0.25, -0.2) is 0 Å². The molecule has 1 aliphatic carbocycles. The zero-order chi connectivity index (χ0) is 25.7. The Labute approximate surface area is 200 Å². The molecule has 1 heterocycles. The maximum absolute atomic E-state index is 14.0. The molecule has 1 unspecified atom stereocenters. The number of aromatic hydroxyl groups is 1. The number of hydrogen-bond donors (Lipinski definition) is 2. The van der Waals surface area contributed by atoms with Crippen molar-refractivity contribution in [2.45, 2.75) is 38.8 Å². The highest BCUT2D eigenvalue weighted by atomic mass is 19.4. The Bertz CT molecular complexity index is 1320. The number of nitrogens with two attached hydrogens (primary N) is 1. The number of ketones is 1. The molecule has 0 aromatic heterocycles. The predicted octanol–water partition coefficient (Wildman–Crippen LogP) is 5.36. The zero-order valence-corrected chi connectivity index (χ0v) is 19.4. The lowest BCUT2D eigenvalue weighted by atomic mass is 9.68. The van der Waals surface area contributed by atoms with Gasteiger partial charge in [0, 0.05) is 17.7 Å². The van der Waals surface area contributed by atoms with Gasteiger partial charge in [-0.05, 0) is 41.7 Å². The Balaban J connectivity index is 2.05. The number of halogens is 3. The summed E-state index contributed by atoms with van der Waals surface area (Å²) in [6, 6.07) is 11.4. The number of nitriles is 1. The van der Waals surface area contributed by atoms with E-state index in [-0.39, 0.29) is 52.8 Å². The van der Waals surface area contributed by atoms with Gasteiger partial charge in [-0.1, -0.05) is 32.0 Å². The second-order valence-corrected chi connectivity index (χ2v) is 9.43. The van der Waals surface area contributed by atoms with Gasteiger partial charge in [0.15, 0.2) is 17.3 Å². The van der Waals surface area contributed by atoms with E-state index in [9.17, 15) is 28.3 Å². The SMILES string of the molecule is COc1cc(C2C(C#N)=C(N)N(c3ccccc3C(F)(F)F)C3=C2C(=O)CC(C)(C)C3)ccc1O. The van der Waals surface area contributed by atoms with Crippen molar-refractivity contribution >= 4 is 11.5 Å². The number of allylic oxidation sites excluding steroid dienone is 3. The number of nitrogens with zero attached hydrogens (tertiary/aromatic N) is 2. The molecular weight excluding hydrogens is 459 g/mol. The maximum atomic E-state index is 14.0. The molecule has 0 bridgehead atoms. The van der Waals surface area contributed by atoms with Crippen LogP contribution in [0.2, 0.25) is 0 Å². The molecule has 35 heavy (non-hydrogen) atoms. The molecule has 2 aromatic carbocycles. The second-order valence-electron chi connectivity index (χ2n) is 9.43. The third-order valence-corrected chi connectivity index (χ3v) is 6.37. The number of Topliss-reactive ketones (excluding diaryl/α,β-unsaturated/α-hetero) is 1. The monoisotopic (exact) mass is 483 g/mol. The van der Waals surface area contributed by atoms with Gasteiger partial charge < -0.3 is 15.6 Å². The van der Waals surface area contributed by atoms with Gasteiger partial charge >= 0.3 is 6.18 Å². The smallest absolute Gasteiger partial charge is 0.418 e. The molecule has 6 nitrogen and oxygen atoms in total. The van der Waals surface area contributed by atoms with E-state index in [1.165, 1.54) is 42.3 Å². The minimum absolute atomic E-state index is 0.0541. The van der Waals surface area contributed by atoms with Crippen molar-refractivity contribution in [1.29, 1.82) is 5.26 Å². The van der Waals surface area contributed by atoms with Crippen molar-refractivity contribution in [3.63, 3.8) is 0 Å². The highest BCUT2D eigenvalue weighted by molar-refractivity contribution is 6.01. The Hall–Kier alpha value is -3.93. The number of anilines is 1. The van der Waals surface area contributed by atoms with Gasteiger partial charge in [-0.3, -0.25) is 9.69 Å². The number of benzene rings is 2. The minimum atomic E-state index is -4.68. The standard InChI is InChI=1S/C26H24F3N3O3/c1-25(2)11-18-23(20(34)12-25)22(14-8-9-19(33)21(10-14)35-3)15(13-30)24(31)32(18)17-7-5-4-6-16(17)26(27,28)29/h4-10,22,33H,11-12,31H2,1-3H3. The van der Waals surface area contributed by atoms with Crippen LogP contribution in [0.1, 0.15) is 43.7 Å². The van der Waals surface area contributed by atoms with E-state index in [4.69, 9.17) is 10.5 Å². The average Bonchev–Trinajstić information content (AvgIpc) is 2.77. The van der Waals surface area contributed by atoms with Crippen LogP contribution in [0.5, 0.6) is 11.5 Å². The Morgan fingerprint density at radius 2 is 1.89 bits per heavy atom. The maximum Gasteiger partial charge on any atom is 0.418 e. The number of phenolic OH excluding ortho intramolecular Hbond substituents is 1. The molecule has 0 saturated heterocycles. The largest absolute Gasteiger partial charge is 0.504 e. The zero-order valence-electron chi connectivity index (χ0n) is 19.4. The molecule has 2 aromatic rings. The number of hydrogen-bond acceptors (Lipinski definition) is 6. The summed E-state index contributed by atoms with van der Waals surface area (Å²) in [7, 11) is 1.36. The number of carbonyl (C=O) groups is 1. The van der Waals surface area contributed by atoms with Crippen molar-refractivity contribution in [3.8, 4) is 17.6 Å². The van der Waals surface area contributed by atoms with Crippen LogP contribution in [-0.2, 0) is 11.0 Å². The van der Waals surface area contributed by atoms with Crippen LogP contribution in [0, 0.1) is 16.7 Å². The van der Waals surface area contributed by atoms with Crippen LogP contribution in [0.4, 0.5) is 18.9 Å². The van der Waals surface area contributed by atoms with Crippen molar-refractivity contribution in [3.05, 3.63) is 76.3 Å². The molecule has 182 valence electrons. The van der Waals surface area contributed by atoms with E-state index in [1.54, 1.807) is 6.07 Å². The molecule has 1 aliphatic heterocycles. The Morgan fingerprint density at radius 1 is 1.20 bits per heavy atom. The van der Waals surface area contributed by atoms with Crippen LogP contribution in [0.25, 0.3) is 0 Å².